The van der Waals surface area contributed by atoms with Gasteiger partial charge in [-0.2, -0.15) is 0 Å². The third-order valence-corrected chi connectivity index (χ3v) is 7.33. The number of anilines is 1. The molecule has 5 rings (SSSR count). The predicted octanol–water partition coefficient (Wildman–Crippen LogP) is 4.38. The number of aromatic nitrogens is 4. The van der Waals surface area contributed by atoms with Crippen LogP contribution < -0.4 is 10.2 Å². The first-order chi connectivity index (χ1) is 17.0. The van der Waals surface area contributed by atoms with E-state index in [-0.39, 0.29) is 18.0 Å². The largest absolute Gasteiger partial charge is 0.377 e. The van der Waals surface area contributed by atoms with Gasteiger partial charge in [-0.05, 0) is 55.8 Å². The molecular formula is C26H28N6O2S. The number of carbonyl (C=O) groups excluding carboxylic acids is 1. The van der Waals surface area contributed by atoms with E-state index in [4.69, 9.17) is 9.72 Å². The molecule has 0 spiro atoms. The highest BCUT2D eigenvalue weighted by atomic mass is 32.1. The molecule has 2 atom stereocenters. The van der Waals surface area contributed by atoms with Gasteiger partial charge in [-0.25, -0.2) is 4.98 Å². The lowest BCUT2D eigenvalue weighted by molar-refractivity contribution is 0.0930. The van der Waals surface area contributed by atoms with Crippen LogP contribution in [0.3, 0.4) is 0 Å². The normalized spacial score (nSPS) is 18.1. The minimum atomic E-state index is -0.113. The van der Waals surface area contributed by atoms with Crippen molar-refractivity contribution in [2.24, 2.45) is 0 Å². The summed E-state index contributed by atoms with van der Waals surface area (Å²) in [4.78, 5) is 24.1. The summed E-state index contributed by atoms with van der Waals surface area (Å²) in [7, 11) is 1.66. The van der Waals surface area contributed by atoms with Crippen molar-refractivity contribution in [2.75, 3.05) is 18.6 Å². The summed E-state index contributed by atoms with van der Waals surface area (Å²) >= 11 is 1.57. The number of pyridine rings is 2. The Balaban J connectivity index is 1.51. The minimum absolute atomic E-state index is 0.0171. The Morgan fingerprint density at radius 3 is 2.89 bits per heavy atom. The molecule has 1 unspecified atom stereocenters. The number of carbonyl (C=O) groups is 1. The predicted molar refractivity (Wildman–Crippen MR) is 137 cm³/mol. The van der Waals surface area contributed by atoms with Crippen LogP contribution in [0, 0.1) is 13.8 Å². The summed E-state index contributed by atoms with van der Waals surface area (Å²) < 4.78 is 5.26. The molecule has 180 valence electrons. The maximum Gasteiger partial charge on any atom is 0.253 e. The Kier molecular flexibility index (Phi) is 6.70. The van der Waals surface area contributed by atoms with Crippen LogP contribution in [-0.2, 0) is 11.3 Å². The Hall–Kier alpha value is -3.43. The first-order valence-electron chi connectivity index (χ1n) is 11.7. The van der Waals surface area contributed by atoms with Gasteiger partial charge in [0, 0.05) is 43.7 Å². The highest BCUT2D eigenvalue weighted by Crippen LogP contribution is 2.39. The maximum absolute atomic E-state index is 12.9. The molecule has 1 aromatic carbocycles. The average Bonchev–Trinajstić information content (AvgIpc) is 3.32. The van der Waals surface area contributed by atoms with Gasteiger partial charge in [-0.3, -0.25) is 9.78 Å². The van der Waals surface area contributed by atoms with Crippen molar-refractivity contribution in [3.8, 4) is 0 Å². The third kappa shape index (κ3) is 4.87. The molecule has 0 saturated carbocycles. The van der Waals surface area contributed by atoms with Gasteiger partial charge >= 0.3 is 0 Å². The average molecular weight is 489 g/mol. The van der Waals surface area contributed by atoms with Crippen LogP contribution in [0.5, 0.6) is 0 Å². The maximum atomic E-state index is 12.9. The van der Waals surface area contributed by atoms with Gasteiger partial charge in [0.25, 0.3) is 5.91 Å². The van der Waals surface area contributed by atoms with Crippen LogP contribution in [0.1, 0.15) is 50.4 Å². The van der Waals surface area contributed by atoms with Gasteiger partial charge in [0.15, 0.2) is 0 Å². The van der Waals surface area contributed by atoms with E-state index in [0.29, 0.717) is 18.7 Å². The fourth-order valence-electron chi connectivity index (χ4n) is 4.84. The molecule has 35 heavy (non-hydrogen) atoms. The van der Waals surface area contributed by atoms with E-state index >= 15 is 0 Å². The van der Waals surface area contributed by atoms with Crippen molar-refractivity contribution < 1.29 is 9.53 Å². The van der Waals surface area contributed by atoms with Gasteiger partial charge < -0.3 is 15.0 Å². The second-order valence-electron chi connectivity index (χ2n) is 8.94. The van der Waals surface area contributed by atoms with Crippen molar-refractivity contribution >= 4 is 33.8 Å². The first kappa shape index (κ1) is 23.3. The molecule has 4 heterocycles. The molecule has 1 fully saturated rings. The molecule has 1 aliphatic heterocycles. The number of piperidine rings is 1. The number of benzene rings is 1. The lowest BCUT2D eigenvalue weighted by Crippen LogP contribution is -2.49. The number of fused-ring (bicyclic) bond motifs is 1. The Morgan fingerprint density at radius 1 is 1.20 bits per heavy atom. The first-order valence-corrected chi connectivity index (χ1v) is 12.5. The fourth-order valence-corrected chi connectivity index (χ4v) is 5.80. The Morgan fingerprint density at radius 2 is 2.09 bits per heavy atom. The summed E-state index contributed by atoms with van der Waals surface area (Å²) in [5.74, 6) is 0.797. The molecule has 1 N–H and O–H groups in total. The zero-order valence-electron chi connectivity index (χ0n) is 20.1. The molecule has 1 amide bonds. The fraction of sp³-hybridized carbons (Fsp3) is 0.346. The summed E-state index contributed by atoms with van der Waals surface area (Å²) in [6.07, 6.45) is 6.77. The van der Waals surface area contributed by atoms with E-state index < -0.39 is 0 Å². The van der Waals surface area contributed by atoms with Crippen molar-refractivity contribution in [1.82, 2.24) is 25.5 Å². The molecule has 0 bridgehead atoms. The van der Waals surface area contributed by atoms with E-state index in [2.05, 4.69) is 57.4 Å². The molecule has 3 aromatic heterocycles. The zero-order chi connectivity index (χ0) is 24.4. The van der Waals surface area contributed by atoms with E-state index in [9.17, 15) is 4.79 Å². The number of hydrogen-bond donors (Lipinski definition) is 1. The summed E-state index contributed by atoms with van der Waals surface area (Å²) in [5.41, 5.74) is 2.96. The number of rotatable bonds is 6. The van der Waals surface area contributed by atoms with Crippen LogP contribution in [0.25, 0.3) is 10.8 Å². The van der Waals surface area contributed by atoms with Gasteiger partial charge in [0.1, 0.15) is 15.8 Å². The lowest BCUT2D eigenvalue weighted by Gasteiger charge is -2.40. The third-order valence-electron chi connectivity index (χ3n) is 6.33. The van der Waals surface area contributed by atoms with E-state index in [1.165, 1.54) is 11.1 Å². The number of ether oxygens (including phenoxy) is 1. The van der Waals surface area contributed by atoms with Crippen molar-refractivity contribution in [2.45, 2.75) is 45.4 Å². The van der Waals surface area contributed by atoms with Gasteiger partial charge in [-0.1, -0.05) is 29.0 Å². The number of amides is 1. The number of nitrogens with zero attached hydrogens (tertiary/aromatic N) is 5. The van der Waals surface area contributed by atoms with Crippen LogP contribution in [-0.4, -0.2) is 45.8 Å². The van der Waals surface area contributed by atoms with Crippen LogP contribution in [0.15, 0.2) is 48.9 Å². The molecule has 0 radical (unpaired) electrons. The zero-order valence-corrected chi connectivity index (χ0v) is 20.9. The van der Waals surface area contributed by atoms with E-state index in [1.807, 2.05) is 6.20 Å². The monoisotopic (exact) mass is 488 g/mol. The summed E-state index contributed by atoms with van der Waals surface area (Å²) in [6, 6.07) is 9.97. The quantitative estimate of drug-likeness (QED) is 0.430. The smallest absolute Gasteiger partial charge is 0.253 e. The van der Waals surface area contributed by atoms with Crippen molar-refractivity contribution in [3.05, 3.63) is 75.6 Å². The van der Waals surface area contributed by atoms with Crippen LogP contribution in [0.2, 0.25) is 0 Å². The Labute approximate surface area is 208 Å². The standard InChI is InChI=1S/C26H28N6O2S/c1-16-11-17(2)23-18(12-16)8-10-28-24(23)32-14-20(29-25(33)19-5-4-9-27-13-19)6-7-21(32)26-31-30-22(35-26)15-34-3/h4-5,8-13,20-21H,6-7,14-15H2,1-3H3,(H,29,33)/t20-,21?/m1/s1. The number of hydrogen-bond acceptors (Lipinski definition) is 8. The number of aryl methyl sites for hydroxylation is 2. The number of methoxy groups -OCH3 is 1. The molecule has 1 aliphatic rings. The number of nitrogens with one attached hydrogen (secondary N) is 1. The molecular weight excluding hydrogens is 460 g/mol. The highest BCUT2D eigenvalue weighted by molar-refractivity contribution is 7.11. The summed E-state index contributed by atoms with van der Waals surface area (Å²) in [6.45, 7) is 5.30. The second-order valence-corrected chi connectivity index (χ2v) is 10.0. The van der Waals surface area contributed by atoms with Gasteiger partial charge in [0.2, 0.25) is 0 Å². The second kappa shape index (κ2) is 10.1. The molecule has 0 aliphatic carbocycles. The van der Waals surface area contributed by atoms with E-state index in [1.54, 1.807) is 43.0 Å². The van der Waals surface area contributed by atoms with Crippen LogP contribution in [0.4, 0.5) is 5.82 Å². The molecule has 1 saturated heterocycles. The van der Waals surface area contributed by atoms with Crippen LogP contribution >= 0.6 is 11.3 Å². The Bertz CT molecular complexity index is 1340. The SMILES string of the molecule is COCc1nnc(C2CC[C@@H](NC(=O)c3cccnc3)CN2c2nccc3cc(C)cc(C)c23)s1. The summed E-state index contributed by atoms with van der Waals surface area (Å²) in [5, 5.41) is 16.1. The highest BCUT2D eigenvalue weighted by Gasteiger charge is 2.34. The lowest BCUT2D eigenvalue weighted by atomic mass is 9.96. The molecule has 8 nitrogen and oxygen atoms in total. The van der Waals surface area contributed by atoms with Crippen molar-refractivity contribution in [1.29, 1.82) is 0 Å². The van der Waals surface area contributed by atoms with Gasteiger partial charge in [-0.15, -0.1) is 10.2 Å². The minimum Gasteiger partial charge on any atom is -0.377 e. The van der Waals surface area contributed by atoms with E-state index in [0.717, 1.165) is 39.4 Å². The molecule has 9 heteroatoms. The molecule has 4 aromatic rings. The van der Waals surface area contributed by atoms with Gasteiger partial charge in [0.05, 0.1) is 18.2 Å². The topological polar surface area (TPSA) is 93.1 Å². The van der Waals surface area contributed by atoms with Crippen molar-refractivity contribution in [3.63, 3.8) is 0 Å².